The van der Waals surface area contributed by atoms with E-state index in [1.165, 1.54) is 0 Å². The van der Waals surface area contributed by atoms with Crippen LogP contribution in [0.15, 0.2) is 23.2 Å². The van der Waals surface area contributed by atoms with Gasteiger partial charge in [-0.1, -0.05) is 41.0 Å². The minimum atomic E-state index is -0.532. The zero-order valence-corrected chi connectivity index (χ0v) is 12.8. The Labute approximate surface area is 134 Å². The van der Waals surface area contributed by atoms with E-state index < -0.39 is 11.8 Å². The summed E-state index contributed by atoms with van der Waals surface area (Å²) in [6.07, 6.45) is -0.272. The van der Waals surface area contributed by atoms with Crippen LogP contribution in [0.1, 0.15) is 6.42 Å². The zero-order valence-electron chi connectivity index (χ0n) is 10.5. The lowest BCUT2D eigenvalue weighted by Gasteiger charge is -2.12. The third-order valence-corrected chi connectivity index (χ3v) is 3.85. The van der Waals surface area contributed by atoms with Crippen molar-refractivity contribution >= 4 is 63.5 Å². The van der Waals surface area contributed by atoms with Crippen molar-refractivity contribution in [2.75, 3.05) is 11.1 Å². The van der Waals surface area contributed by atoms with E-state index in [0.29, 0.717) is 15.7 Å². The van der Waals surface area contributed by atoms with E-state index in [2.05, 4.69) is 15.6 Å². The molecule has 6 nitrogen and oxygen atoms in total. The molecule has 0 saturated carbocycles. The van der Waals surface area contributed by atoms with E-state index in [9.17, 15) is 14.4 Å². The van der Waals surface area contributed by atoms with Crippen molar-refractivity contribution in [2.24, 2.45) is 4.99 Å². The fraction of sp³-hybridized carbons (Fsp3) is 0.167. The molecule has 0 radical (unpaired) electrons. The minimum Gasteiger partial charge on any atom is -0.323 e. The lowest BCUT2D eigenvalue weighted by molar-refractivity contribution is -0.127. The van der Waals surface area contributed by atoms with Gasteiger partial charge in [0, 0.05) is 0 Å². The van der Waals surface area contributed by atoms with Crippen LogP contribution in [0.4, 0.5) is 5.69 Å². The number of benzene rings is 1. The maximum atomic E-state index is 11.8. The van der Waals surface area contributed by atoms with Crippen molar-refractivity contribution < 1.29 is 14.4 Å². The number of nitrogens with zero attached hydrogens (tertiary/aromatic N) is 1. The second-order valence-electron chi connectivity index (χ2n) is 3.97. The summed E-state index contributed by atoms with van der Waals surface area (Å²) in [5.74, 6) is -1.40. The summed E-state index contributed by atoms with van der Waals surface area (Å²) in [7, 11) is 0. The molecule has 0 spiro atoms. The highest BCUT2D eigenvalue weighted by Gasteiger charge is 2.19. The Morgan fingerprint density at radius 3 is 2.62 bits per heavy atom. The van der Waals surface area contributed by atoms with Gasteiger partial charge in [0.15, 0.2) is 5.17 Å². The van der Waals surface area contributed by atoms with Crippen LogP contribution in [0.3, 0.4) is 0 Å². The summed E-state index contributed by atoms with van der Waals surface area (Å²) in [5, 5.41) is 5.72. The molecular formula is C12H9Cl2N3O3S. The van der Waals surface area contributed by atoms with Gasteiger partial charge in [-0.05, 0) is 12.1 Å². The van der Waals surface area contributed by atoms with Crippen LogP contribution in [-0.4, -0.2) is 28.6 Å². The maximum Gasteiger partial charge on any atom is 0.257 e. The normalized spacial score (nSPS) is 14.5. The summed E-state index contributed by atoms with van der Waals surface area (Å²) >= 11 is 12.8. The summed E-state index contributed by atoms with van der Waals surface area (Å²) in [6.45, 7) is 0. The van der Waals surface area contributed by atoms with E-state index in [-0.39, 0.29) is 23.2 Å². The molecule has 0 unspecified atom stereocenters. The first-order valence-electron chi connectivity index (χ1n) is 5.74. The maximum absolute atomic E-state index is 11.8. The Balaban J connectivity index is 1.94. The van der Waals surface area contributed by atoms with Crippen molar-refractivity contribution in [3.05, 3.63) is 28.2 Å². The quantitative estimate of drug-likeness (QED) is 0.821. The fourth-order valence-corrected chi connectivity index (χ4v) is 2.66. The molecule has 1 heterocycles. The molecule has 21 heavy (non-hydrogen) atoms. The molecule has 2 rings (SSSR count). The standard InChI is InChI=1S/C12H9Cl2N3O3S/c13-6-2-1-3-7(14)11(6)15-10(20)5-21-12-16-8(18)4-9(19)17-12/h1-3H,4-5H2,(H,15,20)(H,16,17,18,19). The molecule has 1 aliphatic heterocycles. The molecule has 1 aromatic rings. The number of amides is 3. The Morgan fingerprint density at radius 2 is 2.00 bits per heavy atom. The molecule has 110 valence electrons. The first kappa shape index (κ1) is 15.8. The Kier molecular flexibility index (Phi) is 5.22. The van der Waals surface area contributed by atoms with Gasteiger partial charge in [0.05, 0.1) is 21.5 Å². The number of para-hydroxylation sites is 1. The first-order valence-corrected chi connectivity index (χ1v) is 7.48. The number of hydrogen-bond acceptors (Lipinski definition) is 4. The number of carbonyl (C=O) groups excluding carboxylic acids is 3. The van der Waals surface area contributed by atoms with Crippen LogP contribution in [0, 0.1) is 0 Å². The SMILES string of the molecule is O=C1CC(=O)NC(SCC(=O)Nc2c(Cl)cccc2Cl)=N1. The summed E-state index contributed by atoms with van der Waals surface area (Å²) in [4.78, 5) is 37.7. The second-order valence-corrected chi connectivity index (χ2v) is 5.75. The molecular weight excluding hydrogens is 337 g/mol. The van der Waals surface area contributed by atoms with E-state index >= 15 is 0 Å². The highest BCUT2D eigenvalue weighted by atomic mass is 35.5. The highest BCUT2D eigenvalue weighted by molar-refractivity contribution is 8.14. The van der Waals surface area contributed by atoms with Gasteiger partial charge in [-0.3, -0.25) is 14.4 Å². The highest BCUT2D eigenvalue weighted by Crippen LogP contribution is 2.29. The molecule has 2 N–H and O–H groups in total. The molecule has 0 atom stereocenters. The predicted molar refractivity (Wildman–Crippen MR) is 82.8 cm³/mol. The number of thioether (sulfide) groups is 1. The van der Waals surface area contributed by atoms with Crippen LogP contribution in [0.5, 0.6) is 0 Å². The largest absolute Gasteiger partial charge is 0.323 e. The predicted octanol–water partition coefficient (Wildman–Crippen LogP) is 2.07. The number of nitrogens with one attached hydrogen (secondary N) is 2. The summed E-state index contributed by atoms with van der Waals surface area (Å²) in [5.41, 5.74) is 0.317. The lowest BCUT2D eigenvalue weighted by atomic mass is 10.3. The van der Waals surface area contributed by atoms with Crippen LogP contribution >= 0.6 is 35.0 Å². The van der Waals surface area contributed by atoms with Crippen LogP contribution in [-0.2, 0) is 14.4 Å². The number of rotatable bonds is 3. The number of hydrogen-bond donors (Lipinski definition) is 2. The number of amidine groups is 1. The van der Waals surface area contributed by atoms with Gasteiger partial charge >= 0.3 is 0 Å². The van der Waals surface area contributed by atoms with Crippen molar-refractivity contribution in [3.8, 4) is 0 Å². The third kappa shape index (κ3) is 4.45. The molecule has 0 aromatic heterocycles. The molecule has 0 bridgehead atoms. The summed E-state index contributed by atoms with van der Waals surface area (Å²) < 4.78 is 0. The molecule has 9 heteroatoms. The monoisotopic (exact) mass is 345 g/mol. The molecule has 1 aromatic carbocycles. The summed E-state index contributed by atoms with van der Waals surface area (Å²) in [6, 6.07) is 4.85. The fourth-order valence-electron chi connectivity index (χ4n) is 1.48. The number of anilines is 1. The van der Waals surface area contributed by atoms with Crippen LogP contribution in [0.25, 0.3) is 0 Å². The van der Waals surface area contributed by atoms with Gasteiger partial charge in [0.25, 0.3) is 5.91 Å². The van der Waals surface area contributed by atoms with Crippen molar-refractivity contribution in [3.63, 3.8) is 0 Å². The van der Waals surface area contributed by atoms with Gasteiger partial charge < -0.3 is 10.6 Å². The smallest absolute Gasteiger partial charge is 0.257 e. The van der Waals surface area contributed by atoms with Crippen LogP contribution < -0.4 is 10.6 Å². The topological polar surface area (TPSA) is 87.6 Å². The van der Waals surface area contributed by atoms with E-state index in [0.717, 1.165) is 11.8 Å². The van der Waals surface area contributed by atoms with E-state index in [1.807, 2.05) is 0 Å². The molecule has 3 amide bonds. The Bertz CT molecular complexity index is 628. The molecule has 0 aliphatic carbocycles. The van der Waals surface area contributed by atoms with E-state index in [1.54, 1.807) is 18.2 Å². The first-order chi connectivity index (χ1) is 9.95. The molecule has 0 fully saturated rings. The third-order valence-electron chi connectivity index (χ3n) is 2.35. The van der Waals surface area contributed by atoms with E-state index in [4.69, 9.17) is 23.2 Å². The van der Waals surface area contributed by atoms with Crippen molar-refractivity contribution in [1.82, 2.24) is 5.32 Å². The lowest BCUT2D eigenvalue weighted by Crippen LogP contribution is -2.35. The molecule has 0 saturated heterocycles. The number of halogens is 2. The number of aliphatic imine (C=N–C) groups is 1. The Hall–Kier alpha value is -1.57. The zero-order chi connectivity index (χ0) is 15.4. The molecule has 1 aliphatic rings. The second kappa shape index (κ2) is 6.93. The average Bonchev–Trinajstić information content (AvgIpc) is 2.40. The van der Waals surface area contributed by atoms with Crippen molar-refractivity contribution in [2.45, 2.75) is 6.42 Å². The number of carbonyl (C=O) groups is 3. The van der Waals surface area contributed by atoms with Gasteiger partial charge in [0.1, 0.15) is 6.42 Å². The van der Waals surface area contributed by atoms with Gasteiger partial charge in [0.2, 0.25) is 11.8 Å². The van der Waals surface area contributed by atoms with Gasteiger partial charge in [-0.2, -0.15) is 4.99 Å². The van der Waals surface area contributed by atoms with Gasteiger partial charge in [-0.25, -0.2) is 0 Å². The Morgan fingerprint density at radius 1 is 1.33 bits per heavy atom. The average molecular weight is 346 g/mol. The minimum absolute atomic E-state index is 0.0477. The van der Waals surface area contributed by atoms with Crippen molar-refractivity contribution in [1.29, 1.82) is 0 Å². The van der Waals surface area contributed by atoms with Gasteiger partial charge in [-0.15, -0.1) is 0 Å². The van der Waals surface area contributed by atoms with Crippen LogP contribution in [0.2, 0.25) is 10.0 Å².